The van der Waals surface area contributed by atoms with E-state index in [2.05, 4.69) is 4.74 Å². The fraction of sp³-hybridized carbons (Fsp3) is 0.778. The van der Waals surface area contributed by atoms with Crippen LogP contribution in [0, 0.1) is 5.41 Å². The standard InChI is InChI=1S/C9H15F3N2O2/c10-9(11,12)8(15)16-6-2-4-7(14)3-1-5-13/h14H,1-6,13H2. The summed E-state index contributed by atoms with van der Waals surface area (Å²) < 4.78 is 39.0. The van der Waals surface area contributed by atoms with Gasteiger partial charge in [0.2, 0.25) is 0 Å². The number of hydrogen-bond donors (Lipinski definition) is 2. The minimum Gasteiger partial charge on any atom is -0.459 e. The molecular formula is C9H15F3N2O2. The molecule has 0 aliphatic rings. The molecule has 0 radical (unpaired) electrons. The zero-order valence-corrected chi connectivity index (χ0v) is 8.77. The van der Waals surface area contributed by atoms with Crippen LogP contribution in [0.15, 0.2) is 0 Å². The average Bonchev–Trinajstić information content (AvgIpc) is 2.19. The van der Waals surface area contributed by atoms with E-state index in [0.717, 1.165) is 0 Å². The maximum absolute atomic E-state index is 11.7. The molecule has 7 heteroatoms. The summed E-state index contributed by atoms with van der Waals surface area (Å²) in [5.41, 5.74) is 5.64. The number of carbonyl (C=O) groups excluding carboxylic acids is 1. The zero-order chi connectivity index (χ0) is 12.6. The first-order valence-corrected chi connectivity index (χ1v) is 4.88. The largest absolute Gasteiger partial charge is 0.490 e. The van der Waals surface area contributed by atoms with Crippen molar-refractivity contribution in [2.24, 2.45) is 5.73 Å². The Labute approximate surface area is 91.5 Å². The van der Waals surface area contributed by atoms with Gasteiger partial charge in [0.1, 0.15) is 0 Å². The molecule has 3 N–H and O–H groups in total. The minimum absolute atomic E-state index is 0.227. The van der Waals surface area contributed by atoms with Gasteiger partial charge in [-0.1, -0.05) is 0 Å². The Hall–Kier alpha value is -1.11. The lowest BCUT2D eigenvalue weighted by Crippen LogP contribution is -2.25. The number of halogens is 3. The highest BCUT2D eigenvalue weighted by molar-refractivity contribution is 5.81. The highest BCUT2D eigenvalue weighted by atomic mass is 19.4. The van der Waals surface area contributed by atoms with Crippen LogP contribution in [0.3, 0.4) is 0 Å². The Morgan fingerprint density at radius 3 is 2.31 bits per heavy atom. The third-order valence-corrected chi connectivity index (χ3v) is 1.77. The summed E-state index contributed by atoms with van der Waals surface area (Å²) in [6, 6.07) is 0. The van der Waals surface area contributed by atoms with E-state index in [1.54, 1.807) is 0 Å². The molecule has 0 aromatic heterocycles. The first kappa shape index (κ1) is 14.9. The van der Waals surface area contributed by atoms with Gasteiger partial charge in [0, 0.05) is 5.71 Å². The van der Waals surface area contributed by atoms with E-state index in [-0.39, 0.29) is 13.0 Å². The van der Waals surface area contributed by atoms with E-state index >= 15 is 0 Å². The van der Waals surface area contributed by atoms with E-state index < -0.39 is 12.1 Å². The van der Waals surface area contributed by atoms with Crippen molar-refractivity contribution >= 4 is 11.7 Å². The molecule has 0 aromatic carbocycles. The number of carbonyl (C=O) groups is 1. The molecule has 0 saturated carbocycles. The first-order valence-electron chi connectivity index (χ1n) is 4.88. The van der Waals surface area contributed by atoms with Crippen LogP contribution in [0.25, 0.3) is 0 Å². The summed E-state index contributed by atoms with van der Waals surface area (Å²) in [4.78, 5) is 10.3. The molecule has 0 aliphatic heterocycles. The third-order valence-electron chi connectivity index (χ3n) is 1.77. The molecular weight excluding hydrogens is 225 g/mol. The smallest absolute Gasteiger partial charge is 0.459 e. The van der Waals surface area contributed by atoms with Crippen molar-refractivity contribution in [3.8, 4) is 0 Å². The van der Waals surface area contributed by atoms with E-state index in [4.69, 9.17) is 11.1 Å². The predicted octanol–water partition coefficient (Wildman–Crippen LogP) is 1.63. The van der Waals surface area contributed by atoms with Crippen molar-refractivity contribution in [3.63, 3.8) is 0 Å². The Morgan fingerprint density at radius 1 is 1.25 bits per heavy atom. The lowest BCUT2D eigenvalue weighted by Gasteiger charge is -2.07. The Bertz CT molecular complexity index is 241. The molecule has 0 aliphatic carbocycles. The number of ether oxygens (including phenoxy) is 1. The second-order valence-electron chi connectivity index (χ2n) is 3.23. The van der Waals surface area contributed by atoms with Crippen LogP contribution in [0.2, 0.25) is 0 Å². The summed E-state index contributed by atoms with van der Waals surface area (Å²) in [5, 5.41) is 7.38. The van der Waals surface area contributed by atoms with Gasteiger partial charge in [0.25, 0.3) is 0 Å². The normalized spacial score (nSPS) is 11.2. The predicted molar refractivity (Wildman–Crippen MR) is 52.3 cm³/mol. The maximum atomic E-state index is 11.7. The van der Waals surface area contributed by atoms with Gasteiger partial charge in [-0.05, 0) is 32.2 Å². The van der Waals surface area contributed by atoms with Gasteiger partial charge in [0.05, 0.1) is 6.61 Å². The van der Waals surface area contributed by atoms with Gasteiger partial charge in [-0.2, -0.15) is 13.2 Å². The molecule has 4 nitrogen and oxygen atoms in total. The fourth-order valence-electron chi connectivity index (χ4n) is 0.973. The molecule has 0 bridgehead atoms. The third kappa shape index (κ3) is 7.22. The first-order chi connectivity index (χ1) is 7.38. The molecule has 0 fully saturated rings. The quantitative estimate of drug-likeness (QED) is 0.403. The maximum Gasteiger partial charge on any atom is 0.490 e. The molecule has 0 heterocycles. The topological polar surface area (TPSA) is 76.2 Å². The van der Waals surface area contributed by atoms with Crippen LogP contribution in [-0.2, 0) is 9.53 Å². The molecule has 0 amide bonds. The van der Waals surface area contributed by atoms with E-state index in [1.807, 2.05) is 0 Å². The van der Waals surface area contributed by atoms with Crippen LogP contribution < -0.4 is 5.73 Å². The number of rotatable bonds is 7. The van der Waals surface area contributed by atoms with Gasteiger partial charge in [0.15, 0.2) is 0 Å². The lowest BCUT2D eigenvalue weighted by molar-refractivity contribution is -0.199. The number of esters is 1. The summed E-state index contributed by atoms with van der Waals surface area (Å²) in [6.07, 6.45) is -3.17. The van der Waals surface area contributed by atoms with Crippen molar-refractivity contribution in [2.75, 3.05) is 13.2 Å². The second-order valence-corrected chi connectivity index (χ2v) is 3.23. The number of alkyl halides is 3. The average molecular weight is 240 g/mol. The minimum atomic E-state index is -4.94. The van der Waals surface area contributed by atoms with Gasteiger partial charge in [-0.15, -0.1) is 0 Å². The van der Waals surface area contributed by atoms with Crippen molar-refractivity contribution in [1.29, 1.82) is 5.41 Å². The van der Waals surface area contributed by atoms with Gasteiger partial charge in [-0.3, -0.25) is 0 Å². The van der Waals surface area contributed by atoms with E-state index in [9.17, 15) is 18.0 Å². The highest BCUT2D eigenvalue weighted by Crippen LogP contribution is 2.16. The Balaban J connectivity index is 3.54. The lowest BCUT2D eigenvalue weighted by atomic mass is 10.1. The fourth-order valence-corrected chi connectivity index (χ4v) is 0.973. The van der Waals surface area contributed by atoms with Crippen molar-refractivity contribution in [1.82, 2.24) is 0 Å². The molecule has 0 rings (SSSR count). The molecule has 0 aromatic rings. The molecule has 0 unspecified atom stereocenters. The van der Waals surface area contributed by atoms with Crippen molar-refractivity contribution in [2.45, 2.75) is 31.9 Å². The Morgan fingerprint density at radius 2 is 1.81 bits per heavy atom. The molecule has 0 atom stereocenters. The zero-order valence-electron chi connectivity index (χ0n) is 8.77. The van der Waals surface area contributed by atoms with Crippen LogP contribution in [0.5, 0.6) is 0 Å². The van der Waals surface area contributed by atoms with Gasteiger partial charge < -0.3 is 15.9 Å². The summed E-state index contributed by atoms with van der Waals surface area (Å²) in [6.45, 7) is 0.161. The molecule has 0 saturated heterocycles. The monoisotopic (exact) mass is 240 g/mol. The SMILES string of the molecule is N=C(CCCN)CCCOC(=O)C(F)(F)F. The number of nitrogens with one attached hydrogen (secondary N) is 1. The van der Waals surface area contributed by atoms with Crippen LogP contribution >= 0.6 is 0 Å². The van der Waals surface area contributed by atoms with E-state index in [1.165, 1.54) is 0 Å². The number of nitrogens with two attached hydrogens (primary N) is 1. The van der Waals surface area contributed by atoms with Gasteiger partial charge >= 0.3 is 12.1 Å². The summed E-state index contributed by atoms with van der Waals surface area (Å²) in [5.74, 6) is -2.18. The van der Waals surface area contributed by atoms with Crippen LogP contribution in [0.4, 0.5) is 13.2 Å². The van der Waals surface area contributed by atoms with Crippen molar-refractivity contribution < 1.29 is 22.7 Å². The molecule has 0 spiro atoms. The molecule has 94 valence electrons. The number of hydrogen-bond acceptors (Lipinski definition) is 4. The summed E-state index contributed by atoms with van der Waals surface area (Å²) >= 11 is 0. The Kier molecular flexibility index (Phi) is 6.71. The van der Waals surface area contributed by atoms with Gasteiger partial charge in [-0.25, -0.2) is 4.79 Å². The van der Waals surface area contributed by atoms with Crippen molar-refractivity contribution in [3.05, 3.63) is 0 Å². The summed E-state index contributed by atoms with van der Waals surface area (Å²) in [7, 11) is 0. The highest BCUT2D eigenvalue weighted by Gasteiger charge is 2.40. The second kappa shape index (κ2) is 7.21. The van der Waals surface area contributed by atoms with Crippen LogP contribution in [0.1, 0.15) is 25.7 Å². The molecule has 16 heavy (non-hydrogen) atoms. The van der Waals surface area contributed by atoms with E-state index in [0.29, 0.717) is 31.5 Å². The van der Waals surface area contributed by atoms with Crippen LogP contribution in [-0.4, -0.2) is 31.0 Å².